The summed E-state index contributed by atoms with van der Waals surface area (Å²) < 4.78 is 16.2. The molecule has 1 aliphatic rings. The van der Waals surface area contributed by atoms with E-state index in [0.717, 1.165) is 34.2 Å². The van der Waals surface area contributed by atoms with E-state index in [9.17, 15) is 5.11 Å². The number of aliphatic hydroxyl groups excluding tert-OH is 1. The Kier molecular flexibility index (Phi) is 6.15. The molecule has 0 amide bonds. The van der Waals surface area contributed by atoms with Gasteiger partial charge >= 0.3 is 0 Å². The molecule has 0 saturated heterocycles. The van der Waals surface area contributed by atoms with E-state index in [2.05, 4.69) is 0 Å². The minimum absolute atomic E-state index is 0.261. The second-order valence-electron chi connectivity index (χ2n) is 6.18. The zero-order valence-electron chi connectivity index (χ0n) is 14.2. The second kappa shape index (κ2) is 8.54. The van der Waals surface area contributed by atoms with Crippen molar-refractivity contribution < 1.29 is 19.3 Å². The zero-order chi connectivity index (χ0) is 17.6. The van der Waals surface area contributed by atoms with Crippen LogP contribution in [-0.2, 0) is 17.9 Å². The SMILES string of the molecule is CN(Cc1cccc(Cl)c1)CC(O)COCc1ccc2c(c1)OCO2. The van der Waals surface area contributed by atoms with Crippen LogP contribution in [0.3, 0.4) is 0 Å². The van der Waals surface area contributed by atoms with Crippen LogP contribution in [0.2, 0.25) is 5.02 Å². The predicted octanol–water partition coefficient (Wildman–Crippen LogP) is 3.08. The quantitative estimate of drug-likeness (QED) is 0.781. The molecule has 1 unspecified atom stereocenters. The van der Waals surface area contributed by atoms with Gasteiger partial charge in [0.05, 0.1) is 19.3 Å². The van der Waals surface area contributed by atoms with Crippen LogP contribution in [0.4, 0.5) is 0 Å². The van der Waals surface area contributed by atoms with E-state index in [1.165, 1.54) is 0 Å². The minimum Gasteiger partial charge on any atom is -0.454 e. The number of ether oxygens (including phenoxy) is 3. The first-order chi connectivity index (χ1) is 12.1. The van der Waals surface area contributed by atoms with Gasteiger partial charge in [0, 0.05) is 18.1 Å². The van der Waals surface area contributed by atoms with E-state index in [-0.39, 0.29) is 13.4 Å². The third-order valence-corrected chi connectivity index (χ3v) is 4.11. The van der Waals surface area contributed by atoms with Gasteiger partial charge in [-0.2, -0.15) is 0 Å². The standard InChI is InChI=1S/C19H22ClNO4/c1-21(9-14-3-2-4-16(20)7-14)10-17(22)12-23-11-15-5-6-18-19(8-15)25-13-24-18/h2-8,17,22H,9-13H2,1H3. The third kappa shape index (κ3) is 5.34. The van der Waals surface area contributed by atoms with Gasteiger partial charge in [-0.3, -0.25) is 4.90 Å². The van der Waals surface area contributed by atoms with Gasteiger partial charge in [-0.1, -0.05) is 29.8 Å². The zero-order valence-corrected chi connectivity index (χ0v) is 14.9. The monoisotopic (exact) mass is 363 g/mol. The third-order valence-electron chi connectivity index (χ3n) is 3.88. The molecule has 1 heterocycles. The van der Waals surface area contributed by atoms with Crippen LogP contribution in [-0.4, -0.2) is 43.1 Å². The van der Waals surface area contributed by atoms with E-state index in [1.807, 2.05) is 54.4 Å². The summed E-state index contributed by atoms with van der Waals surface area (Å²) >= 11 is 5.99. The number of hydrogen-bond donors (Lipinski definition) is 1. The fraction of sp³-hybridized carbons (Fsp3) is 0.368. The Labute approximate surface area is 152 Å². The van der Waals surface area contributed by atoms with Crippen LogP contribution < -0.4 is 9.47 Å². The molecule has 0 saturated carbocycles. The van der Waals surface area contributed by atoms with Gasteiger partial charge < -0.3 is 19.3 Å². The highest BCUT2D eigenvalue weighted by Crippen LogP contribution is 2.32. The van der Waals surface area contributed by atoms with Gasteiger partial charge in [-0.15, -0.1) is 0 Å². The van der Waals surface area contributed by atoms with Gasteiger partial charge in [0.1, 0.15) is 0 Å². The molecule has 6 heteroatoms. The van der Waals surface area contributed by atoms with Crippen LogP contribution in [0.5, 0.6) is 11.5 Å². The molecule has 0 aliphatic carbocycles. The molecule has 0 aromatic heterocycles. The molecule has 1 N–H and O–H groups in total. The summed E-state index contributed by atoms with van der Waals surface area (Å²) in [6.07, 6.45) is -0.557. The van der Waals surface area contributed by atoms with Crippen molar-refractivity contribution >= 4 is 11.6 Å². The van der Waals surface area contributed by atoms with Gasteiger partial charge in [-0.25, -0.2) is 0 Å². The molecular formula is C19H22ClNO4. The Balaban J connectivity index is 1.39. The number of likely N-dealkylation sites (N-methyl/N-ethyl adjacent to an activating group) is 1. The number of halogens is 1. The van der Waals surface area contributed by atoms with E-state index in [0.29, 0.717) is 13.2 Å². The van der Waals surface area contributed by atoms with Gasteiger partial charge in [-0.05, 0) is 42.4 Å². The first-order valence-corrected chi connectivity index (χ1v) is 8.55. The Morgan fingerprint density at radius 3 is 2.84 bits per heavy atom. The molecule has 3 rings (SSSR count). The number of hydrogen-bond acceptors (Lipinski definition) is 5. The molecule has 2 aromatic rings. The summed E-state index contributed by atoms with van der Waals surface area (Å²) in [6.45, 7) is 2.20. The highest BCUT2D eigenvalue weighted by atomic mass is 35.5. The van der Waals surface area contributed by atoms with Crippen molar-refractivity contribution in [3.05, 3.63) is 58.6 Å². The first kappa shape index (κ1) is 18.0. The Morgan fingerprint density at radius 1 is 1.16 bits per heavy atom. The van der Waals surface area contributed by atoms with Crippen molar-refractivity contribution in [1.29, 1.82) is 0 Å². The molecule has 0 fully saturated rings. The maximum Gasteiger partial charge on any atom is 0.231 e. The molecule has 0 spiro atoms. The molecule has 5 nitrogen and oxygen atoms in total. The van der Waals surface area contributed by atoms with Crippen LogP contribution in [0.1, 0.15) is 11.1 Å². The molecule has 134 valence electrons. The molecule has 1 aliphatic heterocycles. The summed E-state index contributed by atoms with van der Waals surface area (Å²) in [5, 5.41) is 10.9. The van der Waals surface area contributed by atoms with Crippen LogP contribution in [0.15, 0.2) is 42.5 Å². The Morgan fingerprint density at radius 2 is 2.00 bits per heavy atom. The summed E-state index contributed by atoms with van der Waals surface area (Å²) in [5.74, 6) is 1.49. The lowest BCUT2D eigenvalue weighted by atomic mass is 10.2. The number of aliphatic hydroxyl groups is 1. The van der Waals surface area contributed by atoms with Crippen LogP contribution in [0, 0.1) is 0 Å². The Bertz CT molecular complexity index is 710. The molecule has 2 aromatic carbocycles. The highest BCUT2D eigenvalue weighted by molar-refractivity contribution is 6.30. The number of nitrogens with zero attached hydrogens (tertiary/aromatic N) is 1. The lowest BCUT2D eigenvalue weighted by Gasteiger charge is -2.20. The maximum absolute atomic E-state index is 10.1. The molecule has 0 bridgehead atoms. The van der Waals surface area contributed by atoms with Gasteiger partial charge in [0.25, 0.3) is 0 Å². The fourth-order valence-electron chi connectivity index (χ4n) is 2.77. The summed E-state index contributed by atoms with van der Waals surface area (Å²) in [4.78, 5) is 2.04. The lowest BCUT2D eigenvalue weighted by Crippen LogP contribution is -2.31. The van der Waals surface area contributed by atoms with Crippen molar-refractivity contribution in [2.24, 2.45) is 0 Å². The smallest absolute Gasteiger partial charge is 0.231 e. The number of rotatable bonds is 8. The van der Waals surface area contributed by atoms with Crippen molar-refractivity contribution in [2.75, 3.05) is 27.0 Å². The average Bonchev–Trinajstić information content (AvgIpc) is 3.02. The normalized spacial score (nSPS) is 14.1. The Hall–Kier alpha value is -1.79. The van der Waals surface area contributed by atoms with E-state index < -0.39 is 6.10 Å². The highest BCUT2D eigenvalue weighted by Gasteiger charge is 2.14. The predicted molar refractivity (Wildman–Crippen MR) is 96.0 cm³/mol. The van der Waals surface area contributed by atoms with Gasteiger partial charge in [0.15, 0.2) is 11.5 Å². The lowest BCUT2D eigenvalue weighted by molar-refractivity contribution is 0.0127. The van der Waals surface area contributed by atoms with Crippen molar-refractivity contribution in [2.45, 2.75) is 19.3 Å². The summed E-state index contributed by atoms with van der Waals surface area (Å²) in [5.41, 5.74) is 2.10. The summed E-state index contributed by atoms with van der Waals surface area (Å²) in [7, 11) is 1.96. The van der Waals surface area contributed by atoms with E-state index in [4.69, 9.17) is 25.8 Å². The minimum atomic E-state index is -0.557. The molecule has 0 radical (unpaired) electrons. The van der Waals surface area contributed by atoms with E-state index in [1.54, 1.807) is 0 Å². The van der Waals surface area contributed by atoms with Crippen molar-refractivity contribution in [3.8, 4) is 11.5 Å². The average molecular weight is 364 g/mol. The first-order valence-electron chi connectivity index (χ1n) is 8.17. The number of fused-ring (bicyclic) bond motifs is 1. The van der Waals surface area contributed by atoms with Crippen LogP contribution in [0.25, 0.3) is 0 Å². The molecular weight excluding hydrogens is 342 g/mol. The largest absolute Gasteiger partial charge is 0.454 e. The topological polar surface area (TPSA) is 51.2 Å². The summed E-state index contributed by atoms with van der Waals surface area (Å²) in [6, 6.07) is 13.4. The molecule has 1 atom stereocenters. The van der Waals surface area contributed by atoms with E-state index >= 15 is 0 Å². The second-order valence-corrected chi connectivity index (χ2v) is 6.62. The maximum atomic E-state index is 10.1. The molecule has 25 heavy (non-hydrogen) atoms. The van der Waals surface area contributed by atoms with Crippen molar-refractivity contribution in [3.63, 3.8) is 0 Å². The van der Waals surface area contributed by atoms with Crippen molar-refractivity contribution in [1.82, 2.24) is 4.90 Å². The van der Waals surface area contributed by atoms with Gasteiger partial charge in [0.2, 0.25) is 6.79 Å². The van der Waals surface area contributed by atoms with Crippen LogP contribution >= 0.6 is 11.6 Å². The number of benzene rings is 2. The fourth-order valence-corrected chi connectivity index (χ4v) is 2.98.